The lowest BCUT2D eigenvalue weighted by Crippen LogP contribution is -2.68. The lowest BCUT2D eigenvalue weighted by molar-refractivity contribution is -0.306. The Kier molecular flexibility index (Phi) is 16.1. The van der Waals surface area contributed by atoms with Gasteiger partial charge < -0.3 is 98.2 Å². The number of nitrogens with zero attached hydrogens (tertiary/aromatic N) is 3. The van der Waals surface area contributed by atoms with Gasteiger partial charge in [-0.05, 0) is 62.8 Å². The van der Waals surface area contributed by atoms with E-state index in [1.54, 1.807) is 6.20 Å². The lowest BCUT2D eigenvalue weighted by atomic mass is 9.84. The maximum Gasteiger partial charge on any atom is 0.187 e. The van der Waals surface area contributed by atoms with Crippen LogP contribution in [0.1, 0.15) is 36.1 Å². The Balaban J connectivity index is 1.16. The zero-order valence-electron chi connectivity index (χ0n) is 33.6. The third-order valence-corrected chi connectivity index (χ3v) is 12.2. The van der Waals surface area contributed by atoms with Crippen LogP contribution < -0.4 is 39.1 Å². The Bertz CT molecular complexity index is 1660. The topological polar surface area (TPSA) is 373 Å². The monoisotopic (exact) mass is 875 g/mol. The van der Waals surface area contributed by atoms with E-state index < -0.39 is 116 Å². The first-order valence-corrected chi connectivity index (χ1v) is 20.6. The lowest BCUT2D eigenvalue weighted by Gasteiger charge is -2.47. The molecule has 2 aromatic rings. The molecule has 18 N–H and O–H groups in total. The highest BCUT2D eigenvalue weighted by Crippen LogP contribution is 2.35. The third-order valence-electron chi connectivity index (χ3n) is 11.7. The quantitative estimate of drug-likeness (QED) is 0.0703. The number of unbranched alkanes of at least 4 members (excludes halogenated alkanes) is 1. The van der Waals surface area contributed by atoms with Gasteiger partial charge in [0, 0.05) is 36.4 Å². The van der Waals surface area contributed by atoms with Crippen LogP contribution in [-0.2, 0) is 41.4 Å². The third kappa shape index (κ3) is 10.4. The second-order valence-corrected chi connectivity index (χ2v) is 16.6. The predicted octanol–water partition coefficient (Wildman–Crippen LogP) is -4.92. The SMILES string of the molecule is Cc1cc(OCCCCc2cn(C[C@H]3O[C@@H](O[C@@H]4[C@@H](O)[C@H](N)C[C@H](N)[C@H]4O[C@H]4O[C@H](CN)[C@@H](O)[C@H](O)[C@H]4N)[C@H](O)[C@@H]3O[C@H]3O[C@@H](CN)[C@@H](O)[C@H](O)[C@H]3N)nn2)cc(C)c1Cl. The minimum Gasteiger partial charge on any atom is -0.494 e. The van der Waals surface area contributed by atoms with E-state index in [1.165, 1.54) is 4.68 Å². The summed E-state index contributed by atoms with van der Waals surface area (Å²) >= 11 is 6.28. The van der Waals surface area contributed by atoms with Crippen molar-refractivity contribution in [2.75, 3.05) is 19.7 Å². The summed E-state index contributed by atoms with van der Waals surface area (Å²) in [5, 5.41) is 74.5. The molecule has 0 radical (unpaired) electrons. The normalized spacial score (nSPS) is 41.1. The van der Waals surface area contributed by atoms with Gasteiger partial charge in [-0.3, -0.25) is 0 Å². The van der Waals surface area contributed by atoms with Crippen molar-refractivity contribution in [2.45, 2.75) is 162 Å². The number of aromatic nitrogens is 3. The molecule has 4 fully saturated rings. The molecule has 340 valence electrons. The van der Waals surface area contributed by atoms with Crippen LogP contribution in [0.15, 0.2) is 18.3 Å². The van der Waals surface area contributed by atoms with Crippen LogP contribution in [0.2, 0.25) is 5.02 Å². The second kappa shape index (κ2) is 20.5. The van der Waals surface area contributed by atoms with Crippen LogP contribution in [-0.4, -0.2) is 182 Å². The molecular weight excluding hydrogens is 814 g/mol. The molecule has 3 aliphatic heterocycles. The number of hydrogen-bond acceptors (Lipinski definition) is 21. The highest BCUT2D eigenvalue weighted by atomic mass is 35.5. The fourth-order valence-electron chi connectivity index (χ4n) is 8.06. The Morgan fingerprint density at radius 1 is 0.700 bits per heavy atom. The van der Waals surface area contributed by atoms with Gasteiger partial charge in [0.2, 0.25) is 0 Å². The summed E-state index contributed by atoms with van der Waals surface area (Å²) in [5.41, 5.74) is 39.2. The average Bonchev–Trinajstić information content (AvgIpc) is 3.79. The molecule has 1 saturated carbocycles. The molecule has 60 heavy (non-hydrogen) atoms. The van der Waals surface area contributed by atoms with Gasteiger partial charge in [-0.15, -0.1) is 5.10 Å². The number of aliphatic hydroxyl groups excluding tert-OH is 6. The number of aryl methyl sites for hydroxylation is 3. The van der Waals surface area contributed by atoms with Gasteiger partial charge in [0.05, 0.1) is 37.0 Å². The Morgan fingerprint density at radius 3 is 1.83 bits per heavy atom. The molecule has 23 heteroatoms. The van der Waals surface area contributed by atoms with E-state index in [9.17, 15) is 30.6 Å². The van der Waals surface area contributed by atoms with Crippen molar-refractivity contribution in [1.29, 1.82) is 0 Å². The summed E-state index contributed by atoms with van der Waals surface area (Å²) in [6.45, 7) is 3.98. The van der Waals surface area contributed by atoms with E-state index >= 15 is 0 Å². The summed E-state index contributed by atoms with van der Waals surface area (Å²) in [7, 11) is 0. The number of aliphatic hydroxyl groups is 6. The number of benzene rings is 1. The molecule has 0 bridgehead atoms. The molecule has 22 nitrogen and oxygen atoms in total. The molecule has 0 spiro atoms. The fourth-order valence-corrected chi connectivity index (χ4v) is 8.17. The molecule has 19 atom stereocenters. The van der Waals surface area contributed by atoms with Gasteiger partial charge in [0.15, 0.2) is 18.9 Å². The number of hydrogen-bond donors (Lipinski definition) is 12. The van der Waals surface area contributed by atoms with Gasteiger partial charge in [-0.1, -0.05) is 16.8 Å². The van der Waals surface area contributed by atoms with Crippen molar-refractivity contribution in [3.8, 4) is 5.75 Å². The first-order chi connectivity index (χ1) is 28.5. The highest BCUT2D eigenvalue weighted by Gasteiger charge is 2.54. The molecule has 3 saturated heterocycles. The van der Waals surface area contributed by atoms with Crippen LogP contribution in [0.25, 0.3) is 0 Å². The van der Waals surface area contributed by atoms with Crippen molar-refractivity contribution in [3.05, 3.63) is 40.2 Å². The van der Waals surface area contributed by atoms with Gasteiger partial charge in [-0.2, -0.15) is 0 Å². The van der Waals surface area contributed by atoms with Gasteiger partial charge in [-0.25, -0.2) is 4.68 Å². The summed E-state index contributed by atoms with van der Waals surface area (Å²) < 4.78 is 43.9. The van der Waals surface area contributed by atoms with Gasteiger partial charge in [0.1, 0.15) is 72.9 Å². The Hall–Kier alpha value is -2.27. The molecule has 1 aromatic carbocycles. The van der Waals surface area contributed by atoms with Crippen LogP contribution >= 0.6 is 11.6 Å². The summed E-state index contributed by atoms with van der Waals surface area (Å²) in [6.07, 6.45) is -16.0. The maximum atomic E-state index is 11.8. The number of halogens is 1. The van der Waals surface area contributed by atoms with E-state index in [0.29, 0.717) is 23.7 Å². The van der Waals surface area contributed by atoms with Crippen LogP contribution in [0, 0.1) is 13.8 Å². The Morgan fingerprint density at radius 2 is 1.25 bits per heavy atom. The molecule has 4 heterocycles. The number of ether oxygens (including phenoxy) is 7. The second-order valence-electron chi connectivity index (χ2n) is 16.2. The molecule has 4 aliphatic rings. The van der Waals surface area contributed by atoms with Crippen LogP contribution in [0.3, 0.4) is 0 Å². The minimum absolute atomic E-state index is 0.0297. The van der Waals surface area contributed by atoms with E-state index in [1.807, 2.05) is 26.0 Å². The van der Waals surface area contributed by atoms with E-state index in [2.05, 4.69) is 10.3 Å². The first-order valence-electron chi connectivity index (χ1n) is 20.2. The molecule has 6 rings (SSSR count). The molecular formula is C37H62ClN9O13. The smallest absolute Gasteiger partial charge is 0.187 e. The van der Waals surface area contributed by atoms with Gasteiger partial charge >= 0.3 is 0 Å². The molecule has 1 aromatic heterocycles. The first kappa shape index (κ1) is 47.2. The van der Waals surface area contributed by atoms with Crippen molar-refractivity contribution in [1.82, 2.24) is 15.0 Å². The molecule has 0 unspecified atom stereocenters. The van der Waals surface area contributed by atoms with Crippen LogP contribution in [0.4, 0.5) is 0 Å². The van der Waals surface area contributed by atoms with E-state index in [0.717, 1.165) is 29.7 Å². The average molecular weight is 876 g/mol. The fraction of sp³-hybridized carbons (Fsp3) is 0.784. The van der Waals surface area contributed by atoms with Crippen LogP contribution in [0.5, 0.6) is 5.75 Å². The highest BCUT2D eigenvalue weighted by molar-refractivity contribution is 6.32. The molecule has 0 amide bonds. The minimum atomic E-state index is -1.60. The summed E-state index contributed by atoms with van der Waals surface area (Å²) in [6, 6.07) is -0.461. The maximum absolute atomic E-state index is 11.8. The number of rotatable bonds is 16. The summed E-state index contributed by atoms with van der Waals surface area (Å²) in [4.78, 5) is 0. The Labute approximate surface area is 352 Å². The standard InChI is InChI=1S/C37H62ClN9O13/c1-14-7-17(8-15(2)23(14)38)54-6-4-3-5-16-12-47(46-45-16)13-22-33(59-36-25(44)30(52)28(50)21(11-40)56-36)31(53)37(57-22)60-34-26(48)18(41)9-19(42)32(34)58-35-24(43)29(51)27(49)20(10-39)55-35/h7-8,12,18-22,24-37,48-53H,3-6,9-11,13,39-44H2,1-2H3/t18-,19+,20-,21+,22-,24-,25-,26+,27-,28-,29-,30-,31-,32-,33-,34-,35-,36-,37+/m1/s1. The zero-order valence-corrected chi connectivity index (χ0v) is 34.3. The number of nitrogens with two attached hydrogens (primary N) is 6. The van der Waals surface area contributed by atoms with Crippen molar-refractivity contribution >= 4 is 11.6 Å². The predicted molar refractivity (Wildman–Crippen MR) is 211 cm³/mol. The van der Waals surface area contributed by atoms with E-state index in [4.69, 9.17) is 79.2 Å². The van der Waals surface area contributed by atoms with E-state index in [-0.39, 0.29) is 26.1 Å². The van der Waals surface area contributed by atoms with Gasteiger partial charge in [0.25, 0.3) is 0 Å². The summed E-state index contributed by atoms with van der Waals surface area (Å²) in [5.74, 6) is 0.748. The zero-order chi connectivity index (χ0) is 43.6. The largest absolute Gasteiger partial charge is 0.494 e. The molecule has 1 aliphatic carbocycles. The van der Waals surface area contributed by atoms with Crippen molar-refractivity contribution < 1.29 is 63.8 Å². The van der Waals surface area contributed by atoms with Crippen molar-refractivity contribution in [2.24, 2.45) is 34.4 Å². The van der Waals surface area contributed by atoms with Crippen molar-refractivity contribution in [3.63, 3.8) is 0 Å².